The van der Waals surface area contributed by atoms with Crippen LogP contribution >= 0.6 is 0 Å². The standard InChI is InChI=1S/C10H13N5/c1-8-7-15(5-4-12-8)10-9(6-11)2-3-13-14-10/h2-3,8,12H,4-5,7H2,1H3/t8-/m1/s1. The number of nitriles is 1. The minimum atomic E-state index is 0.423. The van der Waals surface area contributed by atoms with Crippen LogP contribution < -0.4 is 10.2 Å². The maximum Gasteiger partial charge on any atom is 0.169 e. The molecule has 5 heteroatoms. The summed E-state index contributed by atoms with van der Waals surface area (Å²) < 4.78 is 0. The van der Waals surface area contributed by atoms with Crippen LogP contribution in [0.1, 0.15) is 12.5 Å². The highest BCUT2D eigenvalue weighted by Crippen LogP contribution is 2.16. The van der Waals surface area contributed by atoms with Gasteiger partial charge in [0, 0.05) is 25.7 Å². The van der Waals surface area contributed by atoms with Crippen LogP contribution in [0.2, 0.25) is 0 Å². The van der Waals surface area contributed by atoms with Gasteiger partial charge in [-0.2, -0.15) is 10.4 Å². The Balaban J connectivity index is 2.25. The lowest BCUT2D eigenvalue weighted by atomic mass is 10.2. The van der Waals surface area contributed by atoms with Crippen molar-refractivity contribution in [1.82, 2.24) is 15.5 Å². The number of nitrogens with zero attached hydrogens (tertiary/aromatic N) is 4. The first-order chi connectivity index (χ1) is 7.31. The second-order valence-electron chi connectivity index (χ2n) is 3.68. The Morgan fingerprint density at radius 3 is 3.27 bits per heavy atom. The number of rotatable bonds is 1. The van der Waals surface area contributed by atoms with E-state index < -0.39 is 0 Å². The molecule has 1 aliphatic rings. The second-order valence-corrected chi connectivity index (χ2v) is 3.68. The maximum absolute atomic E-state index is 8.95. The van der Waals surface area contributed by atoms with Gasteiger partial charge in [-0.3, -0.25) is 0 Å². The number of piperazine rings is 1. The topological polar surface area (TPSA) is 64.8 Å². The molecule has 2 rings (SSSR count). The van der Waals surface area contributed by atoms with Crippen LogP contribution in [-0.2, 0) is 0 Å². The minimum Gasteiger partial charge on any atom is -0.351 e. The summed E-state index contributed by atoms with van der Waals surface area (Å²) >= 11 is 0. The summed E-state index contributed by atoms with van der Waals surface area (Å²) in [5.41, 5.74) is 0.596. The van der Waals surface area contributed by atoms with Gasteiger partial charge in [0.25, 0.3) is 0 Å². The van der Waals surface area contributed by atoms with Crippen LogP contribution in [0, 0.1) is 11.3 Å². The van der Waals surface area contributed by atoms with Crippen LogP contribution in [0.4, 0.5) is 5.82 Å². The molecule has 1 aliphatic heterocycles. The molecule has 1 N–H and O–H groups in total. The Morgan fingerprint density at radius 1 is 1.67 bits per heavy atom. The largest absolute Gasteiger partial charge is 0.351 e. The highest BCUT2D eigenvalue weighted by Gasteiger charge is 2.19. The first kappa shape index (κ1) is 9.87. The molecular formula is C10H13N5. The third kappa shape index (κ3) is 2.05. The first-order valence-electron chi connectivity index (χ1n) is 5.01. The van der Waals surface area contributed by atoms with Crippen molar-refractivity contribution >= 4 is 5.82 Å². The molecule has 0 unspecified atom stereocenters. The lowest BCUT2D eigenvalue weighted by Gasteiger charge is -2.32. The highest BCUT2D eigenvalue weighted by atomic mass is 15.3. The molecule has 1 aromatic heterocycles. The van der Waals surface area contributed by atoms with E-state index in [1.165, 1.54) is 0 Å². The minimum absolute atomic E-state index is 0.423. The molecule has 0 radical (unpaired) electrons. The molecule has 0 aliphatic carbocycles. The Kier molecular flexibility index (Phi) is 2.79. The van der Waals surface area contributed by atoms with Crippen molar-refractivity contribution in [3.63, 3.8) is 0 Å². The van der Waals surface area contributed by atoms with E-state index in [1.54, 1.807) is 12.3 Å². The highest BCUT2D eigenvalue weighted by molar-refractivity contribution is 5.52. The Labute approximate surface area is 88.7 Å². The van der Waals surface area contributed by atoms with Gasteiger partial charge >= 0.3 is 0 Å². The maximum atomic E-state index is 8.95. The molecule has 0 bridgehead atoms. The van der Waals surface area contributed by atoms with Gasteiger partial charge in [0.05, 0.1) is 11.8 Å². The van der Waals surface area contributed by atoms with Crippen molar-refractivity contribution in [1.29, 1.82) is 5.26 Å². The molecular weight excluding hydrogens is 190 g/mol. The van der Waals surface area contributed by atoms with Gasteiger partial charge in [0.15, 0.2) is 5.82 Å². The lowest BCUT2D eigenvalue weighted by molar-refractivity contribution is 0.481. The number of hydrogen-bond donors (Lipinski definition) is 1. The Hall–Kier alpha value is -1.67. The summed E-state index contributed by atoms with van der Waals surface area (Å²) in [7, 11) is 0. The summed E-state index contributed by atoms with van der Waals surface area (Å²) in [6.45, 7) is 4.78. The second kappa shape index (κ2) is 4.24. The Morgan fingerprint density at radius 2 is 2.53 bits per heavy atom. The molecule has 0 spiro atoms. The monoisotopic (exact) mass is 203 g/mol. The third-order valence-electron chi connectivity index (χ3n) is 2.49. The van der Waals surface area contributed by atoms with E-state index in [4.69, 9.17) is 5.26 Å². The van der Waals surface area contributed by atoms with Crippen molar-refractivity contribution in [3.8, 4) is 6.07 Å². The summed E-state index contributed by atoms with van der Waals surface area (Å²) in [5, 5.41) is 20.2. The van der Waals surface area contributed by atoms with E-state index in [9.17, 15) is 0 Å². The van der Waals surface area contributed by atoms with Crippen molar-refractivity contribution in [3.05, 3.63) is 17.8 Å². The average molecular weight is 203 g/mol. The number of aromatic nitrogens is 2. The van der Waals surface area contributed by atoms with E-state index >= 15 is 0 Å². The van der Waals surface area contributed by atoms with Crippen LogP contribution in [0.5, 0.6) is 0 Å². The van der Waals surface area contributed by atoms with Gasteiger partial charge < -0.3 is 10.2 Å². The van der Waals surface area contributed by atoms with Gasteiger partial charge in [-0.15, -0.1) is 5.10 Å². The quantitative estimate of drug-likeness (QED) is 0.703. The number of nitrogens with one attached hydrogen (secondary N) is 1. The zero-order valence-corrected chi connectivity index (χ0v) is 8.64. The van der Waals surface area contributed by atoms with E-state index in [-0.39, 0.29) is 0 Å². The first-order valence-corrected chi connectivity index (χ1v) is 5.01. The van der Waals surface area contributed by atoms with Gasteiger partial charge in [0.1, 0.15) is 6.07 Å². The fraction of sp³-hybridized carbons (Fsp3) is 0.500. The SMILES string of the molecule is C[C@@H]1CN(c2nnccc2C#N)CCN1. The molecule has 0 aromatic carbocycles. The van der Waals surface area contributed by atoms with Gasteiger partial charge in [-0.1, -0.05) is 0 Å². The Bertz CT molecular complexity index is 384. The molecule has 2 heterocycles. The molecule has 1 atom stereocenters. The molecule has 78 valence electrons. The predicted octanol–water partition coefficient (Wildman–Crippen LogP) is 0.146. The third-order valence-corrected chi connectivity index (χ3v) is 2.49. The molecule has 5 nitrogen and oxygen atoms in total. The van der Waals surface area contributed by atoms with E-state index in [0.29, 0.717) is 17.4 Å². The van der Waals surface area contributed by atoms with Crippen molar-refractivity contribution in [2.45, 2.75) is 13.0 Å². The van der Waals surface area contributed by atoms with Crippen LogP contribution in [-0.4, -0.2) is 35.9 Å². The lowest BCUT2D eigenvalue weighted by Crippen LogP contribution is -2.49. The molecule has 1 fully saturated rings. The smallest absolute Gasteiger partial charge is 0.169 e. The van der Waals surface area contributed by atoms with E-state index in [0.717, 1.165) is 19.6 Å². The van der Waals surface area contributed by atoms with Gasteiger partial charge in [0.2, 0.25) is 0 Å². The van der Waals surface area contributed by atoms with Crippen LogP contribution in [0.3, 0.4) is 0 Å². The molecule has 1 saturated heterocycles. The fourth-order valence-electron chi connectivity index (χ4n) is 1.77. The number of anilines is 1. The van der Waals surface area contributed by atoms with Crippen molar-refractivity contribution in [2.75, 3.05) is 24.5 Å². The number of hydrogen-bond acceptors (Lipinski definition) is 5. The van der Waals surface area contributed by atoms with Crippen LogP contribution in [0.15, 0.2) is 12.3 Å². The fourth-order valence-corrected chi connectivity index (χ4v) is 1.77. The van der Waals surface area contributed by atoms with Crippen LogP contribution in [0.25, 0.3) is 0 Å². The average Bonchev–Trinajstić information content (AvgIpc) is 2.29. The van der Waals surface area contributed by atoms with E-state index in [1.807, 2.05) is 0 Å². The zero-order valence-electron chi connectivity index (χ0n) is 8.64. The van der Waals surface area contributed by atoms with Crippen molar-refractivity contribution < 1.29 is 0 Å². The van der Waals surface area contributed by atoms with Gasteiger partial charge in [-0.25, -0.2) is 0 Å². The summed E-state index contributed by atoms with van der Waals surface area (Å²) in [4.78, 5) is 2.10. The van der Waals surface area contributed by atoms with E-state index in [2.05, 4.69) is 33.4 Å². The zero-order chi connectivity index (χ0) is 10.7. The molecule has 15 heavy (non-hydrogen) atoms. The van der Waals surface area contributed by atoms with Gasteiger partial charge in [-0.05, 0) is 13.0 Å². The molecule has 0 saturated carbocycles. The molecule has 0 amide bonds. The normalized spacial score (nSPS) is 21.1. The molecule has 1 aromatic rings. The van der Waals surface area contributed by atoms with Crippen molar-refractivity contribution in [2.24, 2.45) is 0 Å². The predicted molar refractivity (Wildman–Crippen MR) is 56.4 cm³/mol. The summed E-state index contributed by atoms with van der Waals surface area (Å²) in [5.74, 6) is 0.702. The summed E-state index contributed by atoms with van der Waals surface area (Å²) in [6, 6.07) is 4.27. The summed E-state index contributed by atoms with van der Waals surface area (Å²) in [6.07, 6.45) is 1.55.